The number of nitrogens with one attached hydrogen (secondary N) is 1. The molecule has 1 aliphatic heterocycles. The van der Waals surface area contributed by atoms with E-state index in [1.807, 2.05) is 29.2 Å². The number of anilines is 1. The van der Waals surface area contributed by atoms with Crippen LogP contribution >= 0.6 is 0 Å². The van der Waals surface area contributed by atoms with Crippen molar-refractivity contribution in [2.45, 2.75) is 51.0 Å². The van der Waals surface area contributed by atoms with Gasteiger partial charge in [-0.15, -0.1) is 0 Å². The van der Waals surface area contributed by atoms with Crippen LogP contribution in [0.1, 0.15) is 55.3 Å². The number of hydrogen-bond acceptors (Lipinski definition) is 3. The first-order valence-electron chi connectivity index (χ1n) is 10.1. The van der Waals surface area contributed by atoms with Crippen molar-refractivity contribution < 1.29 is 9.59 Å². The molecule has 1 heterocycles. The molecule has 0 aromatic heterocycles. The molecule has 1 aromatic carbocycles. The lowest BCUT2D eigenvalue weighted by atomic mass is 9.88. The van der Waals surface area contributed by atoms with Crippen LogP contribution in [0.2, 0.25) is 0 Å². The van der Waals surface area contributed by atoms with E-state index in [1.165, 1.54) is 6.42 Å². The molecule has 5 nitrogen and oxygen atoms in total. The van der Waals surface area contributed by atoms with Crippen LogP contribution in [0.3, 0.4) is 0 Å². The minimum absolute atomic E-state index is 0.0559. The number of amides is 2. The minimum Gasteiger partial charge on any atom is -0.338 e. The Morgan fingerprint density at radius 1 is 1.04 bits per heavy atom. The average molecular weight is 355 g/mol. The van der Waals surface area contributed by atoms with Gasteiger partial charge in [-0.3, -0.25) is 9.59 Å². The van der Waals surface area contributed by atoms with Gasteiger partial charge in [-0.1, -0.05) is 25.3 Å². The zero-order chi connectivity index (χ0) is 18.1. The van der Waals surface area contributed by atoms with Gasteiger partial charge >= 0.3 is 0 Å². The van der Waals surface area contributed by atoms with Crippen molar-refractivity contribution in [3.63, 3.8) is 0 Å². The van der Waals surface area contributed by atoms with Crippen molar-refractivity contribution in [2.75, 3.05) is 18.4 Å². The van der Waals surface area contributed by atoms with E-state index in [1.54, 1.807) is 0 Å². The van der Waals surface area contributed by atoms with Gasteiger partial charge in [0.15, 0.2) is 0 Å². The number of rotatable bonds is 3. The number of fused-ring (bicyclic) bond motifs is 1. The third-order valence-corrected chi connectivity index (χ3v) is 6.55. The molecule has 4 rings (SSSR count). The Labute approximate surface area is 155 Å². The third kappa shape index (κ3) is 3.50. The van der Waals surface area contributed by atoms with E-state index in [9.17, 15) is 9.59 Å². The first kappa shape index (κ1) is 17.5. The molecular weight excluding hydrogens is 326 g/mol. The van der Waals surface area contributed by atoms with E-state index in [0.717, 1.165) is 57.3 Å². The first-order valence-corrected chi connectivity index (χ1v) is 10.1. The molecule has 140 valence electrons. The van der Waals surface area contributed by atoms with E-state index in [-0.39, 0.29) is 23.8 Å². The van der Waals surface area contributed by atoms with Gasteiger partial charge in [0.05, 0.1) is 0 Å². The summed E-state index contributed by atoms with van der Waals surface area (Å²) < 4.78 is 0. The molecule has 1 saturated heterocycles. The maximum Gasteiger partial charge on any atom is 0.253 e. The van der Waals surface area contributed by atoms with Gasteiger partial charge in [-0.2, -0.15) is 0 Å². The number of hydrogen-bond donors (Lipinski definition) is 2. The molecule has 3 atom stereocenters. The van der Waals surface area contributed by atoms with Gasteiger partial charge < -0.3 is 16.0 Å². The van der Waals surface area contributed by atoms with Gasteiger partial charge in [0, 0.05) is 36.3 Å². The molecule has 2 aliphatic carbocycles. The number of likely N-dealkylation sites (tertiary alicyclic amines) is 1. The van der Waals surface area contributed by atoms with Crippen molar-refractivity contribution in [1.29, 1.82) is 0 Å². The second kappa shape index (κ2) is 7.39. The molecule has 0 radical (unpaired) electrons. The molecule has 0 bridgehead atoms. The second-order valence-electron chi connectivity index (χ2n) is 8.28. The fourth-order valence-corrected chi connectivity index (χ4v) is 4.99. The standard InChI is InChI=1S/C21H29N3O2/c22-19-10-9-16-12-24(13-18(16)19)21(26)15-7-4-8-17(11-15)23-20(25)14-5-2-1-3-6-14/h4,7-8,11,14,16,18-19H,1-3,5-6,9-10,12-13,22H2,(H,23,25). The minimum atomic E-state index is 0.0559. The number of nitrogens with zero attached hydrogens (tertiary/aromatic N) is 1. The van der Waals surface area contributed by atoms with Crippen LogP contribution < -0.4 is 11.1 Å². The highest BCUT2D eigenvalue weighted by atomic mass is 16.2. The smallest absolute Gasteiger partial charge is 0.253 e. The van der Waals surface area contributed by atoms with Gasteiger partial charge in [-0.25, -0.2) is 0 Å². The van der Waals surface area contributed by atoms with Gasteiger partial charge in [0.2, 0.25) is 5.91 Å². The number of carbonyl (C=O) groups excluding carboxylic acids is 2. The summed E-state index contributed by atoms with van der Waals surface area (Å²) in [5.41, 5.74) is 7.56. The van der Waals surface area contributed by atoms with Gasteiger partial charge in [0.25, 0.3) is 5.91 Å². The third-order valence-electron chi connectivity index (χ3n) is 6.55. The Bertz CT molecular complexity index is 684. The van der Waals surface area contributed by atoms with E-state index in [2.05, 4.69) is 5.32 Å². The summed E-state index contributed by atoms with van der Waals surface area (Å²) in [6.45, 7) is 1.58. The van der Waals surface area contributed by atoms with E-state index < -0.39 is 0 Å². The molecule has 3 aliphatic rings. The Kier molecular flexibility index (Phi) is 4.98. The van der Waals surface area contributed by atoms with Crippen LogP contribution in [0, 0.1) is 17.8 Å². The predicted octanol–water partition coefficient (Wildman–Crippen LogP) is 3.01. The summed E-state index contributed by atoms with van der Waals surface area (Å²) in [4.78, 5) is 27.3. The molecule has 5 heteroatoms. The van der Waals surface area contributed by atoms with Gasteiger partial charge in [0.1, 0.15) is 0 Å². The van der Waals surface area contributed by atoms with Crippen molar-refractivity contribution in [2.24, 2.45) is 23.5 Å². The Morgan fingerprint density at radius 2 is 1.85 bits per heavy atom. The van der Waals surface area contributed by atoms with Crippen molar-refractivity contribution >= 4 is 17.5 Å². The normalized spacial score (nSPS) is 28.8. The van der Waals surface area contributed by atoms with Crippen LogP contribution in [0.15, 0.2) is 24.3 Å². The summed E-state index contributed by atoms with van der Waals surface area (Å²) >= 11 is 0. The van der Waals surface area contributed by atoms with Crippen molar-refractivity contribution in [1.82, 2.24) is 4.90 Å². The Balaban J connectivity index is 1.41. The van der Waals surface area contributed by atoms with E-state index in [0.29, 0.717) is 17.4 Å². The molecule has 3 unspecified atom stereocenters. The maximum absolute atomic E-state index is 12.9. The fraction of sp³-hybridized carbons (Fsp3) is 0.619. The van der Waals surface area contributed by atoms with E-state index in [4.69, 9.17) is 5.73 Å². The highest BCUT2D eigenvalue weighted by Crippen LogP contribution is 2.37. The highest BCUT2D eigenvalue weighted by molar-refractivity contribution is 5.97. The van der Waals surface area contributed by atoms with Crippen molar-refractivity contribution in [3.8, 4) is 0 Å². The zero-order valence-corrected chi connectivity index (χ0v) is 15.3. The quantitative estimate of drug-likeness (QED) is 0.875. The molecule has 26 heavy (non-hydrogen) atoms. The van der Waals surface area contributed by atoms with Crippen LogP contribution in [0.4, 0.5) is 5.69 Å². The second-order valence-corrected chi connectivity index (χ2v) is 8.28. The topological polar surface area (TPSA) is 75.4 Å². The Morgan fingerprint density at radius 3 is 2.62 bits per heavy atom. The maximum atomic E-state index is 12.9. The Hall–Kier alpha value is -1.88. The van der Waals surface area contributed by atoms with Crippen molar-refractivity contribution in [3.05, 3.63) is 29.8 Å². The summed E-state index contributed by atoms with van der Waals surface area (Å²) in [5, 5.41) is 3.01. The zero-order valence-electron chi connectivity index (χ0n) is 15.3. The van der Waals surface area contributed by atoms with Crippen LogP contribution in [0.5, 0.6) is 0 Å². The predicted molar refractivity (Wildman–Crippen MR) is 102 cm³/mol. The molecule has 1 aromatic rings. The fourth-order valence-electron chi connectivity index (χ4n) is 4.99. The molecule has 0 spiro atoms. The summed E-state index contributed by atoms with van der Waals surface area (Å²) in [6.07, 6.45) is 7.66. The first-order chi connectivity index (χ1) is 12.6. The van der Waals surface area contributed by atoms with E-state index >= 15 is 0 Å². The lowest BCUT2D eigenvalue weighted by molar-refractivity contribution is -0.120. The monoisotopic (exact) mass is 355 g/mol. The summed E-state index contributed by atoms with van der Waals surface area (Å²) in [6, 6.07) is 7.61. The SMILES string of the molecule is NC1CCC2CN(C(=O)c3cccc(NC(=O)C4CCCCC4)c3)CC12. The van der Waals surface area contributed by atoms with Crippen LogP contribution in [-0.4, -0.2) is 35.8 Å². The van der Waals surface area contributed by atoms with Crippen LogP contribution in [0.25, 0.3) is 0 Å². The molecule has 3 N–H and O–H groups in total. The summed E-state index contributed by atoms with van der Waals surface area (Å²) in [7, 11) is 0. The summed E-state index contributed by atoms with van der Waals surface area (Å²) in [5.74, 6) is 1.27. The largest absolute Gasteiger partial charge is 0.338 e. The number of benzene rings is 1. The molecule has 3 fully saturated rings. The average Bonchev–Trinajstić information content (AvgIpc) is 3.24. The number of nitrogens with two attached hydrogens (primary N) is 1. The molecule has 2 saturated carbocycles. The number of carbonyl (C=O) groups is 2. The molecule has 2 amide bonds. The highest BCUT2D eigenvalue weighted by Gasteiger charge is 2.42. The molecular formula is C21H29N3O2. The van der Waals surface area contributed by atoms with Gasteiger partial charge in [-0.05, 0) is 55.7 Å². The lowest BCUT2D eigenvalue weighted by Gasteiger charge is -2.21. The lowest BCUT2D eigenvalue weighted by Crippen LogP contribution is -2.33. The van der Waals surface area contributed by atoms with Crippen LogP contribution in [-0.2, 0) is 4.79 Å².